The van der Waals surface area contributed by atoms with Crippen LogP contribution in [-0.2, 0) is 17.8 Å². The summed E-state index contributed by atoms with van der Waals surface area (Å²) >= 11 is 12.8. The molecule has 0 aliphatic carbocycles. The molecule has 1 aromatic carbocycles. The fourth-order valence-corrected chi connectivity index (χ4v) is 4.45. The number of aromatic nitrogens is 2. The summed E-state index contributed by atoms with van der Waals surface area (Å²) in [5.74, 6) is -2.20. The first-order valence-electron chi connectivity index (χ1n) is 9.77. The smallest absolute Gasteiger partial charge is 0.327 e. The normalized spacial score (nSPS) is 14.2. The van der Waals surface area contributed by atoms with Crippen LogP contribution in [0.2, 0.25) is 10.0 Å². The highest BCUT2D eigenvalue weighted by Crippen LogP contribution is 2.35. The number of nitrogens with one attached hydrogen (secondary N) is 1. The summed E-state index contributed by atoms with van der Waals surface area (Å²) in [5, 5.41) is 16.0. The number of amides is 2. The highest BCUT2D eigenvalue weighted by Gasteiger charge is 2.29. The molecule has 1 aliphatic heterocycles. The van der Waals surface area contributed by atoms with Gasteiger partial charge in [-0.2, -0.15) is 5.10 Å². The van der Waals surface area contributed by atoms with Crippen molar-refractivity contribution in [1.29, 1.82) is 0 Å². The number of carbonyl (C=O) groups excluding carboxylic acids is 2. The first kappa shape index (κ1) is 22.1. The van der Waals surface area contributed by atoms with Gasteiger partial charge >= 0.3 is 5.97 Å². The van der Waals surface area contributed by atoms with E-state index in [4.69, 9.17) is 34.0 Å². The number of carbonyl (C=O) groups is 3. The number of benzene rings is 1. The number of hydrogen-bond donors (Lipinski definition) is 3. The summed E-state index contributed by atoms with van der Waals surface area (Å²) < 4.78 is 1.63. The molecule has 11 heteroatoms. The topological polar surface area (TPSA) is 130 Å². The monoisotopic (exact) mass is 475 g/mol. The SMILES string of the molecule is NC[C@H](NC(=O)c1c(Cl)cc2c(c1Cl)CCN(C(=O)c1cc3ccccn3n1)C2)C(=O)O. The summed E-state index contributed by atoms with van der Waals surface area (Å²) in [7, 11) is 0. The Balaban J connectivity index is 1.58. The number of fused-ring (bicyclic) bond motifs is 2. The lowest BCUT2D eigenvalue weighted by Gasteiger charge is -2.30. The molecule has 1 aliphatic rings. The average molecular weight is 476 g/mol. The fourth-order valence-electron chi connectivity index (χ4n) is 3.69. The Morgan fingerprint density at radius 1 is 1.25 bits per heavy atom. The molecule has 3 aromatic rings. The first-order chi connectivity index (χ1) is 15.3. The number of nitrogens with zero attached hydrogens (tertiary/aromatic N) is 3. The third-order valence-corrected chi connectivity index (χ3v) is 6.06. The zero-order valence-corrected chi connectivity index (χ0v) is 18.2. The highest BCUT2D eigenvalue weighted by atomic mass is 35.5. The van der Waals surface area contributed by atoms with Crippen molar-refractivity contribution >= 4 is 46.5 Å². The number of halogens is 2. The minimum atomic E-state index is -1.26. The van der Waals surface area contributed by atoms with Crippen LogP contribution in [0.15, 0.2) is 36.5 Å². The molecule has 9 nitrogen and oxygen atoms in total. The van der Waals surface area contributed by atoms with Crippen molar-refractivity contribution in [3.8, 4) is 0 Å². The van der Waals surface area contributed by atoms with Gasteiger partial charge in [-0.15, -0.1) is 0 Å². The van der Waals surface area contributed by atoms with E-state index in [1.807, 2.05) is 18.2 Å². The maximum Gasteiger partial charge on any atom is 0.327 e. The number of aliphatic carboxylic acids is 1. The van der Waals surface area contributed by atoms with E-state index < -0.39 is 17.9 Å². The molecule has 0 spiro atoms. The molecular formula is C21H19Cl2N5O4. The second kappa shape index (κ2) is 8.78. The van der Waals surface area contributed by atoms with E-state index in [2.05, 4.69) is 10.4 Å². The van der Waals surface area contributed by atoms with Gasteiger partial charge in [-0.05, 0) is 41.8 Å². The minimum Gasteiger partial charge on any atom is -0.480 e. The molecular weight excluding hydrogens is 457 g/mol. The average Bonchev–Trinajstić information content (AvgIpc) is 3.20. The molecule has 4 N–H and O–H groups in total. The number of hydrogen-bond acceptors (Lipinski definition) is 5. The van der Waals surface area contributed by atoms with Crippen molar-refractivity contribution in [2.45, 2.75) is 19.0 Å². The van der Waals surface area contributed by atoms with Crippen molar-refractivity contribution in [1.82, 2.24) is 19.8 Å². The molecule has 2 aromatic heterocycles. The van der Waals surface area contributed by atoms with Gasteiger partial charge < -0.3 is 21.1 Å². The van der Waals surface area contributed by atoms with Gasteiger partial charge in [0.15, 0.2) is 5.69 Å². The molecule has 3 heterocycles. The molecule has 4 rings (SSSR count). The zero-order chi connectivity index (χ0) is 23.0. The van der Waals surface area contributed by atoms with Gasteiger partial charge in [0.25, 0.3) is 11.8 Å². The van der Waals surface area contributed by atoms with E-state index in [9.17, 15) is 14.4 Å². The van der Waals surface area contributed by atoms with Crippen molar-refractivity contribution in [2.75, 3.05) is 13.1 Å². The van der Waals surface area contributed by atoms with Crippen molar-refractivity contribution in [2.24, 2.45) is 5.73 Å². The third-order valence-electron chi connectivity index (χ3n) is 5.35. The van der Waals surface area contributed by atoms with Crippen LogP contribution in [0.4, 0.5) is 0 Å². The van der Waals surface area contributed by atoms with Crippen LogP contribution in [-0.4, -0.2) is 56.5 Å². The predicted octanol–water partition coefficient (Wildman–Crippen LogP) is 1.98. The van der Waals surface area contributed by atoms with Gasteiger partial charge in [0.1, 0.15) is 6.04 Å². The molecule has 0 saturated carbocycles. The van der Waals surface area contributed by atoms with Gasteiger partial charge in [0, 0.05) is 25.8 Å². The summed E-state index contributed by atoms with van der Waals surface area (Å²) in [4.78, 5) is 38.4. The molecule has 32 heavy (non-hydrogen) atoms. The molecule has 0 saturated heterocycles. The lowest BCUT2D eigenvalue weighted by Crippen LogP contribution is -2.46. The number of pyridine rings is 1. The first-order valence-corrected chi connectivity index (χ1v) is 10.5. The van der Waals surface area contributed by atoms with E-state index in [0.717, 1.165) is 5.52 Å². The Morgan fingerprint density at radius 2 is 2.03 bits per heavy atom. The zero-order valence-electron chi connectivity index (χ0n) is 16.7. The maximum atomic E-state index is 13.0. The van der Waals surface area contributed by atoms with E-state index in [0.29, 0.717) is 29.8 Å². The Hall–Kier alpha value is -3.14. The van der Waals surface area contributed by atoms with Crippen LogP contribution in [0, 0.1) is 0 Å². The molecule has 0 unspecified atom stereocenters. The summed E-state index contributed by atoms with van der Waals surface area (Å²) in [6.07, 6.45) is 2.17. The van der Waals surface area contributed by atoms with Gasteiger partial charge in [0.05, 0.1) is 21.1 Å². The summed E-state index contributed by atoms with van der Waals surface area (Å²) in [5.41, 5.74) is 7.94. The van der Waals surface area contributed by atoms with E-state index in [-0.39, 0.29) is 34.6 Å². The molecule has 166 valence electrons. The molecule has 2 amide bonds. The van der Waals surface area contributed by atoms with Crippen LogP contribution in [0.25, 0.3) is 5.52 Å². The largest absolute Gasteiger partial charge is 0.480 e. The van der Waals surface area contributed by atoms with E-state index in [1.54, 1.807) is 27.7 Å². The number of carboxylic acids is 1. The molecule has 1 atom stereocenters. The Bertz CT molecular complexity index is 1210. The van der Waals surface area contributed by atoms with Crippen LogP contribution < -0.4 is 11.1 Å². The standard InChI is InChI=1S/C21H19Cl2N5O4/c22-14-7-11-10-27(20(30)15-8-12-3-1-2-5-28(12)26-15)6-4-13(11)18(23)17(14)19(29)25-16(9-24)21(31)32/h1-3,5,7-8,16H,4,6,9-10,24H2,(H,25,29)(H,31,32)/t16-/m0/s1. The number of carboxylic acid groups (broad SMARTS) is 1. The lowest BCUT2D eigenvalue weighted by atomic mass is 9.96. The second-order valence-electron chi connectivity index (χ2n) is 7.36. The fraction of sp³-hybridized carbons (Fsp3) is 0.238. The second-order valence-corrected chi connectivity index (χ2v) is 8.15. The number of nitrogens with two attached hydrogens (primary N) is 1. The van der Waals surface area contributed by atoms with E-state index >= 15 is 0 Å². The Morgan fingerprint density at radius 3 is 2.72 bits per heavy atom. The molecule has 0 fully saturated rings. The minimum absolute atomic E-state index is 0.00749. The quantitative estimate of drug-likeness (QED) is 0.517. The third kappa shape index (κ3) is 4.02. The lowest BCUT2D eigenvalue weighted by molar-refractivity contribution is -0.138. The van der Waals surface area contributed by atoms with Crippen LogP contribution in [0.3, 0.4) is 0 Å². The highest BCUT2D eigenvalue weighted by molar-refractivity contribution is 6.40. The number of rotatable bonds is 5. The predicted molar refractivity (Wildman–Crippen MR) is 118 cm³/mol. The van der Waals surface area contributed by atoms with Crippen LogP contribution in [0.1, 0.15) is 32.0 Å². The Labute approximate surface area is 192 Å². The van der Waals surface area contributed by atoms with Crippen LogP contribution in [0.5, 0.6) is 0 Å². The molecule has 0 radical (unpaired) electrons. The molecule has 0 bridgehead atoms. The van der Waals surface area contributed by atoms with Gasteiger partial charge in [-0.25, -0.2) is 9.31 Å². The van der Waals surface area contributed by atoms with Gasteiger partial charge in [-0.3, -0.25) is 9.59 Å². The van der Waals surface area contributed by atoms with E-state index in [1.165, 1.54) is 0 Å². The summed E-state index contributed by atoms with van der Waals surface area (Å²) in [6, 6.07) is 7.60. The van der Waals surface area contributed by atoms with Gasteiger partial charge in [0.2, 0.25) is 0 Å². The van der Waals surface area contributed by atoms with Gasteiger partial charge in [-0.1, -0.05) is 29.3 Å². The summed E-state index contributed by atoms with van der Waals surface area (Å²) in [6.45, 7) is 0.355. The van der Waals surface area contributed by atoms with Crippen molar-refractivity contribution < 1.29 is 19.5 Å². The maximum absolute atomic E-state index is 13.0. The van der Waals surface area contributed by atoms with Crippen molar-refractivity contribution in [3.63, 3.8) is 0 Å². The van der Waals surface area contributed by atoms with Crippen molar-refractivity contribution in [3.05, 3.63) is 69.0 Å². The van der Waals surface area contributed by atoms with Crippen LogP contribution >= 0.6 is 23.2 Å². The Kier molecular flexibility index (Phi) is 6.05.